The number of hydrogen-bond acceptors (Lipinski definition) is 6. The van der Waals surface area contributed by atoms with Gasteiger partial charge < -0.3 is 32.0 Å². The van der Waals surface area contributed by atoms with Crippen LogP contribution in [0.1, 0.15) is 11.1 Å². The fourth-order valence-electron chi connectivity index (χ4n) is 4.33. The van der Waals surface area contributed by atoms with Crippen molar-refractivity contribution in [3.63, 3.8) is 0 Å². The number of aryl methyl sites for hydroxylation is 2. The Morgan fingerprint density at radius 2 is 1.26 bits per heavy atom. The van der Waals surface area contributed by atoms with Gasteiger partial charge in [0.25, 0.3) is 0 Å². The summed E-state index contributed by atoms with van der Waals surface area (Å²) in [5.41, 5.74) is 26.5. The van der Waals surface area contributed by atoms with E-state index >= 15 is 0 Å². The molecule has 4 aromatic rings. The molecule has 7 N–H and O–H groups in total. The Morgan fingerprint density at radius 1 is 0.676 bits per heavy atom. The van der Waals surface area contributed by atoms with Crippen molar-refractivity contribution in [3.8, 4) is 22.6 Å². The molecular formula is C28H28N4O2. The molecule has 0 saturated carbocycles. The fourth-order valence-corrected chi connectivity index (χ4v) is 4.33. The van der Waals surface area contributed by atoms with E-state index in [4.69, 9.17) is 26.7 Å². The lowest BCUT2D eigenvalue weighted by Crippen LogP contribution is -2.17. The van der Waals surface area contributed by atoms with Crippen LogP contribution in [0.2, 0.25) is 0 Å². The number of hydrogen-bond donors (Lipinski definition) is 4. The van der Waals surface area contributed by atoms with Crippen molar-refractivity contribution in [1.82, 2.24) is 0 Å². The number of rotatable bonds is 2. The summed E-state index contributed by atoms with van der Waals surface area (Å²) < 4.78 is 11.2. The molecule has 1 heterocycles. The van der Waals surface area contributed by atoms with E-state index in [-0.39, 0.29) is 0 Å². The van der Waals surface area contributed by atoms with Gasteiger partial charge in [-0.1, -0.05) is 48.5 Å². The van der Waals surface area contributed by atoms with Crippen molar-refractivity contribution in [2.24, 2.45) is 0 Å². The zero-order valence-electron chi connectivity index (χ0n) is 18.9. The van der Waals surface area contributed by atoms with Gasteiger partial charge in [0.05, 0.1) is 11.4 Å². The van der Waals surface area contributed by atoms with Gasteiger partial charge in [-0.2, -0.15) is 0 Å². The van der Waals surface area contributed by atoms with Crippen molar-refractivity contribution in [2.75, 3.05) is 35.7 Å². The van der Waals surface area contributed by atoms with Gasteiger partial charge in [0.15, 0.2) is 11.5 Å². The van der Waals surface area contributed by atoms with Gasteiger partial charge >= 0.3 is 0 Å². The smallest absolute Gasteiger partial charge is 0.187 e. The lowest BCUT2D eigenvalue weighted by molar-refractivity contribution is 0.173. The highest BCUT2D eigenvalue weighted by molar-refractivity contribution is 5.89. The Morgan fingerprint density at radius 3 is 1.91 bits per heavy atom. The molecule has 0 saturated heterocycles. The minimum absolute atomic E-state index is 0.436. The van der Waals surface area contributed by atoms with Gasteiger partial charge in [-0.3, -0.25) is 0 Å². The van der Waals surface area contributed by atoms with E-state index in [1.807, 2.05) is 12.1 Å². The van der Waals surface area contributed by atoms with E-state index in [9.17, 15) is 0 Å². The van der Waals surface area contributed by atoms with Crippen LogP contribution in [0.5, 0.6) is 11.5 Å². The Balaban J connectivity index is 0.000000150. The number of ether oxygens (including phenoxy) is 2. The molecule has 1 aliphatic carbocycles. The third-order valence-corrected chi connectivity index (χ3v) is 6.07. The first kappa shape index (κ1) is 21.5. The van der Waals surface area contributed by atoms with E-state index in [0.29, 0.717) is 47.5 Å². The number of nitrogens with two attached hydrogens (primary N) is 3. The monoisotopic (exact) mass is 452 g/mol. The number of anilines is 5. The first-order valence-corrected chi connectivity index (χ1v) is 11.4. The molecule has 0 amide bonds. The Labute approximate surface area is 199 Å². The number of nitrogens with one attached hydrogen (secondary N) is 1. The third-order valence-electron chi connectivity index (χ3n) is 6.07. The molecule has 2 aliphatic rings. The number of benzene rings is 4. The topological polar surface area (TPSA) is 109 Å². The van der Waals surface area contributed by atoms with Gasteiger partial charge in [0.1, 0.15) is 18.9 Å². The molecule has 0 unspecified atom stereocenters. The van der Waals surface area contributed by atoms with E-state index in [0.717, 1.165) is 5.69 Å². The van der Waals surface area contributed by atoms with E-state index in [1.165, 1.54) is 35.1 Å². The Hall–Kier alpha value is -4.32. The summed E-state index contributed by atoms with van der Waals surface area (Å²) in [6.45, 7) is 0.977. The molecule has 4 aromatic carbocycles. The molecule has 0 spiro atoms. The van der Waals surface area contributed by atoms with Crippen LogP contribution >= 0.6 is 0 Å². The molecule has 6 rings (SSSR count). The van der Waals surface area contributed by atoms with Crippen LogP contribution in [0, 0.1) is 0 Å². The van der Waals surface area contributed by atoms with Gasteiger partial charge in [-0.25, -0.2) is 0 Å². The van der Waals surface area contributed by atoms with Crippen LogP contribution in [-0.4, -0.2) is 13.2 Å². The fraction of sp³-hybridized carbons (Fsp3) is 0.143. The predicted octanol–water partition coefficient (Wildman–Crippen LogP) is 5.40. The normalized spacial score (nSPS) is 13.1. The van der Waals surface area contributed by atoms with Crippen LogP contribution < -0.4 is 32.0 Å². The zero-order valence-corrected chi connectivity index (χ0v) is 18.9. The molecular weight excluding hydrogens is 424 g/mol. The zero-order chi connectivity index (χ0) is 23.5. The van der Waals surface area contributed by atoms with Crippen LogP contribution in [-0.2, 0) is 12.8 Å². The average molecular weight is 453 g/mol. The Kier molecular flexibility index (Phi) is 5.87. The largest absolute Gasteiger partial charge is 0.486 e. The SMILES string of the molecule is Nc1ccc(Nc2c(N)c(N)cc3c2OCCO3)cc1.c1ccc2c(c1)CCc1ccccc1-2. The predicted molar refractivity (Wildman–Crippen MR) is 140 cm³/mol. The standard InChI is InChI=1S/C14H16N4O2.C14H12/c15-8-1-3-9(4-2-8)18-13-12(17)10(16)7-11-14(13)20-6-5-19-11;1-3-7-13-11(5-1)9-10-12-6-2-4-8-14(12)13/h1-4,7,18H,5-6,15-17H2;1-8H,9-10H2. The second-order valence-electron chi connectivity index (χ2n) is 8.34. The third kappa shape index (κ3) is 4.30. The molecule has 6 heteroatoms. The maximum absolute atomic E-state index is 6.04. The highest BCUT2D eigenvalue weighted by Crippen LogP contribution is 2.46. The summed E-state index contributed by atoms with van der Waals surface area (Å²) in [7, 11) is 0. The molecule has 1 aliphatic heterocycles. The molecule has 0 aromatic heterocycles. The molecule has 0 atom stereocenters. The second kappa shape index (κ2) is 9.27. The lowest BCUT2D eigenvalue weighted by Gasteiger charge is -2.23. The summed E-state index contributed by atoms with van der Waals surface area (Å²) in [5, 5.41) is 3.20. The van der Waals surface area contributed by atoms with Gasteiger partial charge in [-0.05, 0) is 59.4 Å². The summed E-state index contributed by atoms with van der Waals surface area (Å²) in [6.07, 6.45) is 2.38. The Bertz CT molecular complexity index is 1270. The lowest BCUT2D eigenvalue weighted by atomic mass is 9.86. The number of fused-ring (bicyclic) bond motifs is 4. The highest BCUT2D eigenvalue weighted by Gasteiger charge is 2.21. The van der Waals surface area contributed by atoms with Crippen LogP contribution in [0.15, 0.2) is 78.9 Å². The maximum atomic E-state index is 6.04. The van der Waals surface area contributed by atoms with Crippen molar-refractivity contribution in [1.29, 1.82) is 0 Å². The summed E-state index contributed by atoms with van der Waals surface area (Å²) >= 11 is 0. The summed E-state index contributed by atoms with van der Waals surface area (Å²) in [6, 6.07) is 26.4. The van der Waals surface area contributed by atoms with Crippen molar-refractivity contribution in [2.45, 2.75) is 12.8 Å². The van der Waals surface area contributed by atoms with Crippen LogP contribution in [0.4, 0.5) is 28.4 Å². The molecule has 0 bridgehead atoms. The van der Waals surface area contributed by atoms with Gasteiger partial charge in [0.2, 0.25) is 0 Å². The first-order valence-electron chi connectivity index (χ1n) is 11.4. The van der Waals surface area contributed by atoms with Crippen molar-refractivity contribution >= 4 is 28.4 Å². The van der Waals surface area contributed by atoms with Crippen molar-refractivity contribution in [3.05, 3.63) is 90.0 Å². The minimum Gasteiger partial charge on any atom is -0.486 e. The summed E-state index contributed by atoms with van der Waals surface area (Å²) in [5.74, 6) is 1.18. The minimum atomic E-state index is 0.436. The molecule has 0 fully saturated rings. The van der Waals surface area contributed by atoms with Crippen LogP contribution in [0.25, 0.3) is 11.1 Å². The quantitative estimate of drug-likeness (QED) is 0.303. The number of nitrogen functional groups attached to an aromatic ring is 3. The first-order chi connectivity index (χ1) is 16.6. The van der Waals surface area contributed by atoms with E-state index < -0.39 is 0 Å². The summed E-state index contributed by atoms with van der Waals surface area (Å²) in [4.78, 5) is 0. The molecule has 6 nitrogen and oxygen atoms in total. The van der Waals surface area contributed by atoms with Crippen LogP contribution in [0.3, 0.4) is 0 Å². The molecule has 0 radical (unpaired) electrons. The van der Waals surface area contributed by atoms with E-state index in [2.05, 4.69) is 53.8 Å². The maximum Gasteiger partial charge on any atom is 0.187 e. The molecule has 34 heavy (non-hydrogen) atoms. The van der Waals surface area contributed by atoms with E-state index in [1.54, 1.807) is 18.2 Å². The van der Waals surface area contributed by atoms with Crippen molar-refractivity contribution < 1.29 is 9.47 Å². The molecule has 172 valence electrons. The second-order valence-corrected chi connectivity index (χ2v) is 8.34. The highest BCUT2D eigenvalue weighted by atomic mass is 16.6. The van der Waals surface area contributed by atoms with Gasteiger partial charge in [0, 0.05) is 17.4 Å². The van der Waals surface area contributed by atoms with Gasteiger partial charge in [-0.15, -0.1) is 0 Å². The average Bonchev–Trinajstić information content (AvgIpc) is 2.88.